The number of carbonyl (C=O) groups is 3. The maximum absolute atomic E-state index is 11.7. The Morgan fingerprint density at radius 3 is 2.38 bits per heavy atom. The molecular formula is C14H18N4O6. The molecule has 10 nitrogen and oxygen atoms in total. The van der Waals surface area contributed by atoms with E-state index in [2.05, 4.69) is 10.6 Å². The van der Waals surface area contributed by atoms with Crippen molar-refractivity contribution < 1.29 is 24.4 Å². The van der Waals surface area contributed by atoms with E-state index in [0.29, 0.717) is 5.56 Å². The molecule has 2 amide bonds. The standard InChI is InChI=1S/C14H18N4O6/c1-8(14(21)22)17-13(20)11(15)6-12(19)16-7-9-2-4-10(5-3-9)18(23)24/h2-5,8,11H,6-7,15H2,1H3,(H,16,19)(H,17,20)(H,21,22). The van der Waals surface area contributed by atoms with Crippen LogP contribution in [-0.4, -0.2) is 39.9 Å². The van der Waals surface area contributed by atoms with Gasteiger partial charge in [0.2, 0.25) is 11.8 Å². The number of nitro groups is 1. The van der Waals surface area contributed by atoms with E-state index in [9.17, 15) is 24.5 Å². The number of benzene rings is 1. The van der Waals surface area contributed by atoms with Gasteiger partial charge in [0.15, 0.2) is 0 Å². The summed E-state index contributed by atoms with van der Waals surface area (Å²) in [5.41, 5.74) is 6.13. The Balaban J connectivity index is 2.43. The molecule has 1 rings (SSSR count). The summed E-state index contributed by atoms with van der Waals surface area (Å²) in [6, 6.07) is 3.34. The lowest BCUT2D eigenvalue weighted by Crippen LogP contribution is -2.48. The van der Waals surface area contributed by atoms with Crippen LogP contribution in [0.4, 0.5) is 5.69 Å². The van der Waals surface area contributed by atoms with Crippen molar-refractivity contribution in [1.82, 2.24) is 10.6 Å². The lowest BCUT2D eigenvalue weighted by atomic mass is 10.1. The largest absolute Gasteiger partial charge is 0.480 e. The fourth-order valence-electron chi connectivity index (χ4n) is 1.68. The smallest absolute Gasteiger partial charge is 0.325 e. The minimum absolute atomic E-state index is 0.0590. The van der Waals surface area contributed by atoms with Crippen molar-refractivity contribution in [3.63, 3.8) is 0 Å². The predicted molar refractivity (Wildman–Crippen MR) is 82.8 cm³/mol. The number of hydrogen-bond acceptors (Lipinski definition) is 6. The maximum atomic E-state index is 11.7. The number of nitro benzene ring substituents is 1. The molecule has 0 aromatic heterocycles. The van der Waals surface area contributed by atoms with Crippen LogP contribution in [-0.2, 0) is 20.9 Å². The van der Waals surface area contributed by atoms with Crippen LogP contribution in [0.1, 0.15) is 18.9 Å². The van der Waals surface area contributed by atoms with Crippen LogP contribution >= 0.6 is 0 Å². The van der Waals surface area contributed by atoms with Crippen molar-refractivity contribution in [2.75, 3.05) is 0 Å². The first-order valence-corrected chi connectivity index (χ1v) is 6.99. The average Bonchev–Trinajstić information content (AvgIpc) is 2.52. The molecule has 2 atom stereocenters. The van der Waals surface area contributed by atoms with Gasteiger partial charge in [-0.15, -0.1) is 0 Å². The van der Waals surface area contributed by atoms with Gasteiger partial charge in [-0.05, 0) is 12.5 Å². The summed E-state index contributed by atoms with van der Waals surface area (Å²) in [7, 11) is 0. The van der Waals surface area contributed by atoms with E-state index in [4.69, 9.17) is 10.8 Å². The van der Waals surface area contributed by atoms with Gasteiger partial charge in [0.05, 0.1) is 17.4 Å². The van der Waals surface area contributed by atoms with Crippen LogP contribution in [0.15, 0.2) is 24.3 Å². The maximum Gasteiger partial charge on any atom is 0.325 e. The molecule has 0 fully saturated rings. The van der Waals surface area contributed by atoms with E-state index >= 15 is 0 Å². The summed E-state index contributed by atoms with van der Waals surface area (Å²) in [5, 5.41) is 23.9. The summed E-state index contributed by atoms with van der Waals surface area (Å²) >= 11 is 0. The number of nitrogens with zero attached hydrogens (tertiary/aromatic N) is 1. The summed E-state index contributed by atoms with van der Waals surface area (Å²) in [6.45, 7) is 1.40. The molecule has 0 heterocycles. The van der Waals surface area contributed by atoms with Crippen molar-refractivity contribution in [3.05, 3.63) is 39.9 Å². The molecule has 0 aliphatic rings. The zero-order valence-corrected chi connectivity index (χ0v) is 12.9. The molecule has 0 aliphatic carbocycles. The first-order valence-electron chi connectivity index (χ1n) is 6.99. The Hall–Kier alpha value is -3.01. The van der Waals surface area contributed by atoms with E-state index < -0.39 is 34.8 Å². The quantitative estimate of drug-likeness (QED) is 0.367. The minimum atomic E-state index is -1.21. The van der Waals surface area contributed by atoms with Crippen molar-refractivity contribution >= 4 is 23.5 Å². The highest BCUT2D eigenvalue weighted by Gasteiger charge is 2.21. The lowest BCUT2D eigenvalue weighted by molar-refractivity contribution is -0.384. The number of rotatable bonds is 8. The Kier molecular flexibility index (Phi) is 6.80. The SMILES string of the molecule is CC(NC(=O)C(N)CC(=O)NCc1ccc([N+](=O)[O-])cc1)C(=O)O. The monoisotopic (exact) mass is 338 g/mol. The van der Waals surface area contributed by atoms with E-state index in [1.54, 1.807) is 0 Å². The molecule has 0 bridgehead atoms. The van der Waals surface area contributed by atoms with E-state index in [1.807, 2.05) is 0 Å². The highest BCUT2D eigenvalue weighted by atomic mass is 16.6. The van der Waals surface area contributed by atoms with Gasteiger partial charge in [-0.25, -0.2) is 0 Å². The van der Waals surface area contributed by atoms with Crippen LogP contribution in [0.3, 0.4) is 0 Å². The first kappa shape index (κ1) is 19.0. The van der Waals surface area contributed by atoms with Crippen molar-refractivity contribution in [2.24, 2.45) is 5.73 Å². The number of carboxylic acids is 1. The van der Waals surface area contributed by atoms with E-state index in [1.165, 1.54) is 31.2 Å². The second-order valence-corrected chi connectivity index (χ2v) is 5.08. The number of non-ortho nitro benzene ring substituents is 1. The third kappa shape index (κ3) is 6.01. The second-order valence-electron chi connectivity index (χ2n) is 5.08. The summed E-state index contributed by atoms with van der Waals surface area (Å²) in [4.78, 5) is 44.0. The van der Waals surface area contributed by atoms with Gasteiger partial charge in [-0.2, -0.15) is 0 Å². The van der Waals surface area contributed by atoms with Gasteiger partial charge >= 0.3 is 5.97 Å². The van der Waals surface area contributed by atoms with Gasteiger partial charge < -0.3 is 21.5 Å². The summed E-state index contributed by atoms with van der Waals surface area (Å²) < 4.78 is 0. The normalized spacial score (nSPS) is 12.8. The molecule has 0 radical (unpaired) electrons. The number of nitrogens with one attached hydrogen (secondary N) is 2. The van der Waals surface area contributed by atoms with Crippen LogP contribution in [0, 0.1) is 10.1 Å². The van der Waals surface area contributed by atoms with Crippen LogP contribution < -0.4 is 16.4 Å². The molecular weight excluding hydrogens is 320 g/mol. The fourth-order valence-corrected chi connectivity index (χ4v) is 1.68. The Labute approximate surface area is 137 Å². The highest BCUT2D eigenvalue weighted by Crippen LogP contribution is 2.11. The van der Waals surface area contributed by atoms with Gasteiger partial charge in [0.25, 0.3) is 5.69 Å². The van der Waals surface area contributed by atoms with Crippen LogP contribution in [0.25, 0.3) is 0 Å². The van der Waals surface area contributed by atoms with E-state index in [0.717, 1.165) is 0 Å². The number of carbonyl (C=O) groups excluding carboxylic acids is 2. The number of carboxylic acid groups (broad SMARTS) is 1. The number of aliphatic carboxylic acids is 1. The molecule has 130 valence electrons. The summed E-state index contributed by atoms with van der Waals surface area (Å²) in [5.74, 6) is -2.45. The molecule has 0 saturated heterocycles. The van der Waals surface area contributed by atoms with Gasteiger partial charge in [-0.1, -0.05) is 12.1 Å². The second kappa shape index (κ2) is 8.58. The first-order chi connectivity index (χ1) is 11.2. The molecule has 10 heteroatoms. The molecule has 5 N–H and O–H groups in total. The molecule has 0 saturated carbocycles. The predicted octanol–water partition coefficient (Wildman–Crippen LogP) is -0.482. The van der Waals surface area contributed by atoms with Crippen molar-refractivity contribution in [2.45, 2.75) is 32.0 Å². The molecule has 1 aromatic rings. The number of hydrogen-bond donors (Lipinski definition) is 4. The molecule has 24 heavy (non-hydrogen) atoms. The molecule has 1 aromatic carbocycles. The Morgan fingerprint density at radius 1 is 1.29 bits per heavy atom. The topological polar surface area (TPSA) is 165 Å². The lowest BCUT2D eigenvalue weighted by Gasteiger charge is -2.14. The number of amides is 2. The van der Waals surface area contributed by atoms with Crippen LogP contribution in [0.2, 0.25) is 0 Å². The van der Waals surface area contributed by atoms with Crippen LogP contribution in [0.5, 0.6) is 0 Å². The summed E-state index contributed by atoms with van der Waals surface area (Å²) in [6.07, 6.45) is -0.314. The van der Waals surface area contributed by atoms with Gasteiger partial charge in [0, 0.05) is 18.7 Å². The Bertz CT molecular complexity index is 631. The fraction of sp³-hybridized carbons (Fsp3) is 0.357. The highest BCUT2D eigenvalue weighted by molar-refractivity contribution is 5.90. The van der Waals surface area contributed by atoms with Crippen molar-refractivity contribution in [3.8, 4) is 0 Å². The number of nitrogens with two attached hydrogens (primary N) is 1. The average molecular weight is 338 g/mol. The zero-order chi connectivity index (χ0) is 18.3. The van der Waals surface area contributed by atoms with Gasteiger partial charge in [-0.3, -0.25) is 24.5 Å². The molecule has 0 spiro atoms. The third-order valence-electron chi connectivity index (χ3n) is 3.11. The van der Waals surface area contributed by atoms with E-state index in [-0.39, 0.29) is 18.7 Å². The van der Waals surface area contributed by atoms with Crippen molar-refractivity contribution in [1.29, 1.82) is 0 Å². The molecule has 2 unspecified atom stereocenters. The minimum Gasteiger partial charge on any atom is -0.480 e. The Morgan fingerprint density at radius 2 is 1.88 bits per heavy atom. The third-order valence-corrected chi connectivity index (χ3v) is 3.11. The van der Waals surface area contributed by atoms with Gasteiger partial charge in [0.1, 0.15) is 6.04 Å². The zero-order valence-electron chi connectivity index (χ0n) is 12.9. The molecule has 0 aliphatic heterocycles.